The predicted molar refractivity (Wildman–Crippen MR) is 125 cm³/mol. The lowest BCUT2D eigenvalue weighted by Gasteiger charge is -2.19. The molecule has 4 aromatic rings. The lowest BCUT2D eigenvalue weighted by atomic mass is 10.1. The molecule has 0 aliphatic carbocycles. The summed E-state index contributed by atoms with van der Waals surface area (Å²) < 4.78 is 11.4. The molecule has 0 unspecified atom stereocenters. The number of carbonyl (C=O) groups excluding carboxylic acids is 1. The summed E-state index contributed by atoms with van der Waals surface area (Å²) in [7, 11) is 0. The van der Waals surface area contributed by atoms with E-state index in [0.717, 1.165) is 29.8 Å². The van der Waals surface area contributed by atoms with Gasteiger partial charge in [-0.2, -0.15) is 0 Å². The highest BCUT2D eigenvalue weighted by Gasteiger charge is 2.23. The number of aryl methyl sites for hydroxylation is 2. The number of nitrogens with zero attached hydrogens (tertiary/aromatic N) is 4. The lowest BCUT2D eigenvalue weighted by molar-refractivity contribution is -0.117. The minimum Gasteiger partial charge on any atom is -0.419 e. The molecular formula is C25H27N5O3. The van der Waals surface area contributed by atoms with Crippen molar-refractivity contribution < 1.29 is 13.7 Å². The van der Waals surface area contributed by atoms with Gasteiger partial charge in [0.15, 0.2) is 0 Å². The van der Waals surface area contributed by atoms with Crippen LogP contribution < -0.4 is 5.32 Å². The van der Waals surface area contributed by atoms with E-state index in [0.29, 0.717) is 35.3 Å². The number of carbonyl (C=O) groups is 1. The van der Waals surface area contributed by atoms with Crippen LogP contribution in [0.3, 0.4) is 0 Å². The van der Waals surface area contributed by atoms with Gasteiger partial charge in [0.2, 0.25) is 11.8 Å². The zero-order valence-corrected chi connectivity index (χ0v) is 19.0. The second-order valence-corrected chi connectivity index (χ2v) is 7.90. The predicted octanol–water partition coefficient (Wildman–Crippen LogP) is 4.86. The average molecular weight is 446 g/mol. The maximum Gasteiger partial charge on any atom is 0.253 e. The van der Waals surface area contributed by atoms with Gasteiger partial charge in [-0.1, -0.05) is 60.6 Å². The van der Waals surface area contributed by atoms with Crippen molar-refractivity contribution in [3.63, 3.8) is 0 Å². The molecule has 0 bridgehead atoms. The van der Waals surface area contributed by atoms with Gasteiger partial charge >= 0.3 is 0 Å². The molecule has 8 nitrogen and oxygen atoms in total. The van der Waals surface area contributed by atoms with E-state index in [-0.39, 0.29) is 12.5 Å². The summed E-state index contributed by atoms with van der Waals surface area (Å²) in [5, 5.41) is 15.6. The van der Waals surface area contributed by atoms with Gasteiger partial charge in [0, 0.05) is 11.3 Å². The van der Waals surface area contributed by atoms with Crippen molar-refractivity contribution in [1.82, 2.24) is 20.3 Å². The van der Waals surface area contributed by atoms with E-state index in [1.54, 1.807) is 0 Å². The lowest BCUT2D eigenvalue weighted by Crippen LogP contribution is -2.33. The first-order valence-electron chi connectivity index (χ1n) is 11.0. The van der Waals surface area contributed by atoms with Crippen molar-refractivity contribution in [2.24, 2.45) is 0 Å². The van der Waals surface area contributed by atoms with Gasteiger partial charge < -0.3 is 14.3 Å². The highest BCUT2D eigenvalue weighted by atomic mass is 16.5. The van der Waals surface area contributed by atoms with E-state index in [4.69, 9.17) is 8.94 Å². The van der Waals surface area contributed by atoms with E-state index < -0.39 is 0 Å². The minimum atomic E-state index is -0.0845. The molecule has 170 valence electrons. The Kier molecular flexibility index (Phi) is 6.95. The monoisotopic (exact) mass is 445 g/mol. The summed E-state index contributed by atoms with van der Waals surface area (Å²) in [5.74, 6) is 1.30. The number of para-hydroxylation sites is 1. The maximum atomic E-state index is 12.6. The zero-order chi connectivity index (χ0) is 23.2. The molecule has 0 radical (unpaired) electrons. The summed E-state index contributed by atoms with van der Waals surface area (Å²) in [4.78, 5) is 14.6. The number of amides is 1. The van der Waals surface area contributed by atoms with Crippen LogP contribution in [-0.4, -0.2) is 39.3 Å². The SMILES string of the molecule is CCCN(CC(=O)Nc1ccccc1C)Cc1nnc(-c2c(-c3ccccc3)noc2C)o1. The Morgan fingerprint density at radius 3 is 2.55 bits per heavy atom. The molecule has 0 aliphatic heterocycles. The molecule has 0 saturated carbocycles. The number of anilines is 1. The molecule has 0 atom stereocenters. The molecule has 0 fully saturated rings. The number of hydrogen-bond donors (Lipinski definition) is 1. The third-order valence-corrected chi connectivity index (χ3v) is 5.28. The van der Waals surface area contributed by atoms with E-state index in [9.17, 15) is 4.79 Å². The molecule has 1 N–H and O–H groups in total. The van der Waals surface area contributed by atoms with Gasteiger partial charge in [-0.25, -0.2) is 0 Å². The third kappa shape index (κ3) is 5.35. The van der Waals surface area contributed by atoms with Crippen LogP contribution in [0.1, 0.15) is 30.6 Å². The van der Waals surface area contributed by atoms with E-state index in [2.05, 4.69) is 27.6 Å². The highest BCUT2D eigenvalue weighted by Crippen LogP contribution is 2.33. The van der Waals surface area contributed by atoms with Crippen LogP contribution in [0.4, 0.5) is 5.69 Å². The fourth-order valence-corrected chi connectivity index (χ4v) is 3.66. The van der Waals surface area contributed by atoms with Crippen molar-refractivity contribution in [3.05, 3.63) is 71.8 Å². The molecule has 0 aliphatic rings. The third-order valence-electron chi connectivity index (χ3n) is 5.28. The topological polar surface area (TPSA) is 97.3 Å². The summed E-state index contributed by atoms with van der Waals surface area (Å²) in [6.07, 6.45) is 0.890. The average Bonchev–Trinajstić information content (AvgIpc) is 3.42. The van der Waals surface area contributed by atoms with Crippen LogP contribution in [0.2, 0.25) is 0 Å². The molecule has 8 heteroatoms. The van der Waals surface area contributed by atoms with Gasteiger partial charge in [0.25, 0.3) is 5.89 Å². The van der Waals surface area contributed by atoms with Crippen LogP contribution in [-0.2, 0) is 11.3 Å². The van der Waals surface area contributed by atoms with Crippen molar-refractivity contribution in [2.45, 2.75) is 33.7 Å². The van der Waals surface area contributed by atoms with Crippen LogP contribution in [0.15, 0.2) is 63.5 Å². The first-order valence-corrected chi connectivity index (χ1v) is 11.0. The van der Waals surface area contributed by atoms with Crippen molar-refractivity contribution >= 4 is 11.6 Å². The van der Waals surface area contributed by atoms with Gasteiger partial charge in [-0.3, -0.25) is 9.69 Å². The van der Waals surface area contributed by atoms with Gasteiger partial charge in [-0.15, -0.1) is 10.2 Å². The van der Waals surface area contributed by atoms with Gasteiger partial charge in [0.1, 0.15) is 17.0 Å². The van der Waals surface area contributed by atoms with E-state index >= 15 is 0 Å². The normalized spacial score (nSPS) is 11.2. The number of aromatic nitrogens is 3. The second-order valence-electron chi connectivity index (χ2n) is 7.90. The number of nitrogens with one attached hydrogen (secondary N) is 1. The summed E-state index contributed by atoms with van der Waals surface area (Å²) >= 11 is 0. The Bertz CT molecular complexity index is 1220. The Hall–Kier alpha value is -3.78. The smallest absolute Gasteiger partial charge is 0.253 e. The molecule has 2 aromatic heterocycles. The molecule has 0 spiro atoms. The Labute approximate surface area is 192 Å². The van der Waals surface area contributed by atoms with Crippen LogP contribution in [0.25, 0.3) is 22.7 Å². The Morgan fingerprint density at radius 2 is 1.79 bits per heavy atom. The van der Waals surface area contributed by atoms with Crippen LogP contribution in [0, 0.1) is 13.8 Å². The number of benzene rings is 2. The van der Waals surface area contributed by atoms with Crippen LogP contribution >= 0.6 is 0 Å². The second kappa shape index (κ2) is 10.2. The minimum absolute atomic E-state index is 0.0845. The molecule has 2 aromatic carbocycles. The molecule has 4 rings (SSSR count). The molecule has 0 saturated heterocycles. The molecule has 33 heavy (non-hydrogen) atoms. The Morgan fingerprint density at radius 1 is 1.03 bits per heavy atom. The van der Waals surface area contributed by atoms with Crippen molar-refractivity contribution in [1.29, 1.82) is 0 Å². The largest absolute Gasteiger partial charge is 0.419 e. The Balaban J connectivity index is 1.48. The van der Waals surface area contributed by atoms with Crippen molar-refractivity contribution in [3.8, 4) is 22.7 Å². The quantitative estimate of drug-likeness (QED) is 0.393. The summed E-state index contributed by atoms with van der Waals surface area (Å²) in [6.45, 7) is 7.17. The first-order chi connectivity index (χ1) is 16.0. The molecule has 1 amide bonds. The maximum absolute atomic E-state index is 12.6. The molecular weight excluding hydrogens is 418 g/mol. The summed E-state index contributed by atoms with van der Waals surface area (Å²) in [6, 6.07) is 17.4. The zero-order valence-electron chi connectivity index (χ0n) is 19.0. The van der Waals surface area contributed by atoms with Crippen LogP contribution in [0.5, 0.6) is 0 Å². The first kappa shape index (κ1) is 22.4. The fourth-order valence-electron chi connectivity index (χ4n) is 3.66. The fraction of sp³-hybridized carbons (Fsp3) is 0.280. The summed E-state index contributed by atoms with van der Waals surface area (Å²) in [5.41, 5.74) is 4.08. The molecule has 2 heterocycles. The standard InChI is InChI=1S/C25H27N5O3/c1-4-14-30(15-21(31)26-20-13-9-8-10-17(20)2)16-22-27-28-25(32-22)23-18(3)33-29-24(23)19-11-6-5-7-12-19/h5-13H,4,14-16H2,1-3H3,(H,26,31). The van der Waals surface area contributed by atoms with Gasteiger partial charge in [-0.05, 0) is 38.4 Å². The number of rotatable bonds is 9. The van der Waals surface area contributed by atoms with Crippen molar-refractivity contribution in [2.75, 3.05) is 18.4 Å². The number of hydrogen-bond acceptors (Lipinski definition) is 7. The van der Waals surface area contributed by atoms with E-state index in [1.165, 1.54) is 0 Å². The van der Waals surface area contributed by atoms with E-state index in [1.807, 2.05) is 73.3 Å². The highest BCUT2D eigenvalue weighted by molar-refractivity contribution is 5.92. The van der Waals surface area contributed by atoms with Gasteiger partial charge in [0.05, 0.1) is 13.1 Å².